The smallest absolute Gasteiger partial charge is 0.315 e. The molecule has 0 heterocycles. The van der Waals surface area contributed by atoms with Gasteiger partial charge in [-0.15, -0.1) is 11.8 Å². The molecule has 1 fully saturated rings. The van der Waals surface area contributed by atoms with Crippen LogP contribution < -0.4 is 0 Å². The summed E-state index contributed by atoms with van der Waals surface area (Å²) in [7, 11) is 1.38. The molecule has 1 saturated carbocycles. The van der Waals surface area contributed by atoms with E-state index < -0.39 is 12.2 Å². The zero-order chi connectivity index (χ0) is 20.4. The Labute approximate surface area is 174 Å². The van der Waals surface area contributed by atoms with Crippen LogP contribution in [0.15, 0.2) is 42.5 Å². The second kappa shape index (κ2) is 12.3. The van der Waals surface area contributed by atoms with E-state index in [2.05, 4.69) is 4.74 Å². The van der Waals surface area contributed by atoms with Gasteiger partial charge in [0.2, 0.25) is 0 Å². The van der Waals surface area contributed by atoms with E-state index in [0.29, 0.717) is 12.2 Å². The monoisotopic (exact) mass is 424 g/mol. The number of ketones is 1. The van der Waals surface area contributed by atoms with E-state index in [-0.39, 0.29) is 29.3 Å². The number of carbonyl (C=O) groups is 2. The van der Waals surface area contributed by atoms with E-state index in [4.69, 9.17) is 0 Å². The van der Waals surface area contributed by atoms with Crippen LogP contribution in [0.2, 0.25) is 0 Å². The minimum absolute atomic E-state index is 0.0620. The summed E-state index contributed by atoms with van der Waals surface area (Å²) in [6, 6.07) is 9.72. The Hall–Kier alpha value is -1.28. The molecule has 0 spiro atoms. The molecule has 28 heavy (non-hydrogen) atoms. The first-order valence-electron chi connectivity index (χ1n) is 9.38. The maximum atomic E-state index is 12.2. The molecule has 2 N–H and O–H groups in total. The normalized spacial score (nSPS) is 23.2. The molecule has 1 aliphatic rings. The van der Waals surface area contributed by atoms with Crippen molar-refractivity contribution >= 4 is 35.3 Å². The molecule has 0 aromatic heterocycles. The first-order chi connectivity index (χ1) is 13.5. The highest BCUT2D eigenvalue weighted by Gasteiger charge is 2.40. The number of aliphatic hydroxyl groups is 2. The summed E-state index contributed by atoms with van der Waals surface area (Å²) < 4.78 is 4.60. The van der Waals surface area contributed by atoms with Crippen LogP contribution in [0.1, 0.15) is 18.4 Å². The molecule has 1 aliphatic carbocycles. The molecule has 4 atom stereocenters. The summed E-state index contributed by atoms with van der Waals surface area (Å²) in [5, 5.41) is 20.2. The van der Waals surface area contributed by atoms with Crippen molar-refractivity contribution in [2.45, 2.75) is 36.7 Å². The number of carbonyl (C=O) groups excluding carboxylic acids is 2. The highest BCUT2D eigenvalue weighted by atomic mass is 32.2. The lowest BCUT2D eigenvalue weighted by molar-refractivity contribution is -0.137. The van der Waals surface area contributed by atoms with Gasteiger partial charge >= 0.3 is 5.97 Å². The summed E-state index contributed by atoms with van der Waals surface area (Å²) in [5.41, 5.74) is 1.04. The van der Waals surface area contributed by atoms with Crippen LogP contribution >= 0.6 is 23.5 Å². The molecule has 5 nitrogen and oxygen atoms in total. The minimum Gasteiger partial charge on any atom is -0.468 e. The van der Waals surface area contributed by atoms with Crippen LogP contribution in [-0.2, 0) is 20.7 Å². The third kappa shape index (κ3) is 7.62. The zero-order valence-corrected chi connectivity index (χ0v) is 17.7. The molecule has 0 aliphatic heterocycles. The molecule has 0 bridgehead atoms. The molecule has 0 radical (unpaired) electrons. The predicted octanol–water partition coefficient (Wildman–Crippen LogP) is 2.49. The molecular weight excluding hydrogens is 396 g/mol. The topological polar surface area (TPSA) is 83.8 Å². The van der Waals surface area contributed by atoms with Crippen LogP contribution in [0, 0.1) is 5.92 Å². The molecule has 0 amide bonds. The standard InChI is InChI=1S/C21H28O5S2/c1-26-20(25)14-27-10-5-11-28-21-17(18(23)13-19(21)24)9-8-16(22)12-15-6-3-2-4-7-15/h2-4,6-9,16-18,21-23H,5,10-14H2,1H3/b9-8+/t16-,17?,18+,21?/m0/s1. The summed E-state index contributed by atoms with van der Waals surface area (Å²) in [6.45, 7) is 0. The van der Waals surface area contributed by atoms with Crippen LogP contribution in [0.3, 0.4) is 0 Å². The Balaban J connectivity index is 1.79. The SMILES string of the molecule is COC(=O)CSCCCSC1C(=O)C[C@@H](O)C1/C=C/[C@H](O)Cc1ccccc1. The van der Waals surface area contributed by atoms with Crippen molar-refractivity contribution < 1.29 is 24.5 Å². The summed E-state index contributed by atoms with van der Waals surface area (Å²) in [4.78, 5) is 23.3. The highest BCUT2D eigenvalue weighted by Crippen LogP contribution is 2.34. The zero-order valence-electron chi connectivity index (χ0n) is 16.0. The lowest BCUT2D eigenvalue weighted by Crippen LogP contribution is -2.22. The number of aliphatic hydroxyl groups excluding tert-OH is 2. The summed E-state index contributed by atoms with van der Waals surface area (Å²) in [6.07, 6.45) is 3.69. The number of rotatable bonds is 11. The molecule has 2 unspecified atom stereocenters. The maximum Gasteiger partial charge on any atom is 0.315 e. The number of benzene rings is 1. The quantitative estimate of drug-likeness (QED) is 0.321. The van der Waals surface area contributed by atoms with Crippen LogP contribution in [0.25, 0.3) is 0 Å². The molecule has 1 aromatic rings. The van der Waals surface area contributed by atoms with Gasteiger partial charge in [0.1, 0.15) is 5.78 Å². The Bertz CT molecular complexity index is 649. The van der Waals surface area contributed by atoms with Gasteiger partial charge in [-0.25, -0.2) is 0 Å². The molecule has 2 rings (SSSR count). The lowest BCUT2D eigenvalue weighted by atomic mass is 10.0. The fourth-order valence-electron chi connectivity index (χ4n) is 3.07. The minimum atomic E-state index is -0.695. The van der Waals surface area contributed by atoms with E-state index >= 15 is 0 Å². The van der Waals surface area contributed by atoms with Gasteiger partial charge in [-0.1, -0.05) is 42.5 Å². The second-order valence-electron chi connectivity index (χ2n) is 6.73. The van der Waals surface area contributed by atoms with E-state index in [1.165, 1.54) is 18.9 Å². The van der Waals surface area contributed by atoms with Crippen LogP contribution in [0.4, 0.5) is 0 Å². The molecule has 154 valence electrons. The average molecular weight is 425 g/mol. The maximum absolute atomic E-state index is 12.2. The molecule has 0 saturated heterocycles. The number of thioether (sulfide) groups is 2. The van der Waals surface area contributed by atoms with Gasteiger partial charge in [-0.3, -0.25) is 9.59 Å². The average Bonchev–Trinajstić information content (AvgIpc) is 2.96. The van der Waals surface area contributed by atoms with Crippen molar-refractivity contribution in [1.29, 1.82) is 0 Å². The third-order valence-electron chi connectivity index (χ3n) is 4.54. The van der Waals surface area contributed by atoms with E-state index in [0.717, 1.165) is 23.5 Å². The number of esters is 1. The van der Waals surface area contributed by atoms with Gasteiger partial charge in [0.15, 0.2) is 0 Å². The van der Waals surface area contributed by atoms with Crippen LogP contribution in [-0.4, -0.2) is 63.8 Å². The van der Waals surface area contributed by atoms with E-state index in [9.17, 15) is 19.8 Å². The first kappa shape index (κ1) is 23.0. The van der Waals surface area contributed by atoms with Gasteiger partial charge in [-0.2, -0.15) is 11.8 Å². The Morgan fingerprint density at radius 3 is 2.79 bits per heavy atom. The fourth-order valence-corrected chi connectivity index (χ4v) is 5.38. The van der Waals surface area contributed by atoms with Crippen molar-refractivity contribution in [3.05, 3.63) is 48.0 Å². The largest absolute Gasteiger partial charge is 0.468 e. The Morgan fingerprint density at radius 1 is 1.32 bits per heavy atom. The number of hydrogen-bond acceptors (Lipinski definition) is 7. The predicted molar refractivity (Wildman–Crippen MR) is 115 cm³/mol. The van der Waals surface area contributed by atoms with Crippen molar-refractivity contribution in [1.82, 2.24) is 0 Å². The second-order valence-corrected chi connectivity index (χ2v) is 9.09. The fraction of sp³-hybridized carbons (Fsp3) is 0.524. The highest BCUT2D eigenvalue weighted by molar-refractivity contribution is 8.01. The van der Waals surface area contributed by atoms with Crippen molar-refractivity contribution in [3.63, 3.8) is 0 Å². The van der Waals surface area contributed by atoms with Gasteiger partial charge < -0.3 is 14.9 Å². The van der Waals surface area contributed by atoms with Crippen molar-refractivity contribution in [3.8, 4) is 0 Å². The number of hydrogen-bond donors (Lipinski definition) is 2. The third-order valence-corrected chi connectivity index (χ3v) is 7.02. The Kier molecular flexibility index (Phi) is 10.1. The summed E-state index contributed by atoms with van der Waals surface area (Å²) in [5.74, 6) is 1.51. The molecular formula is C21H28O5S2. The van der Waals surface area contributed by atoms with E-state index in [1.807, 2.05) is 30.3 Å². The van der Waals surface area contributed by atoms with Crippen molar-refractivity contribution in [2.24, 2.45) is 5.92 Å². The first-order valence-corrected chi connectivity index (χ1v) is 11.6. The lowest BCUT2D eigenvalue weighted by Gasteiger charge is -2.17. The van der Waals surface area contributed by atoms with Gasteiger partial charge in [0.05, 0.1) is 30.3 Å². The molecule has 1 aromatic carbocycles. The Morgan fingerprint density at radius 2 is 2.07 bits per heavy atom. The number of methoxy groups -OCH3 is 1. The van der Waals surface area contributed by atoms with Crippen LogP contribution in [0.5, 0.6) is 0 Å². The van der Waals surface area contributed by atoms with Gasteiger partial charge in [0.25, 0.3) is 0 Å². The molecule has 7 heteroatoms. The van der Waals surface area contributed by atoms with E-state index in [1.54, 1.807) is 23.9 Å². The van der Waals surface area contributed by atoms with Crippen molar-refractivity contribution in [2.75, 3.05) is 24.4 Å². The summed E-state index contributed by atoms with van der Waals surface area (Å²) >= 11 is 3.07. The van der Waals surface area contributed by atoms with Gasteiger partial charge in [-0.05, 0) is 23.5 Å². The number of Topliss-reactive ketones (excluding diaryl/α,β-unsaturated/α-hetero) is 1. The number of ether oxygens (including phenoxy) is 1. The van der Waals surface area contributed by atoms with Gasteiger partial charge in [0, 0.05) is 18.8 Å².